The van der Waals surface area contributed by atoms with Gasteiger partial charge in [-0.05, 0) is 42.6 Å². The Balaban J connectivity index is 0.000000471. The summed E-state index contributed by atoms with van der Waals surface area (Å²) in [6, 6.07) is 11.9. The van der Waals surface area contributed by atoms with Gasteiger partial charge in [0.2, 0.25) is 0 Å². The van der Waals surface area contributed by atoms with Crippen molar-refractivity contribution in [2.75, 3.05) is 27.3 Å². The van der Waals surface area contributed by atoms with E-state index >= 15 is 0 Å². The summed E-state index contributed by atoms with van der Waals surface area (Å²) < 4.78 is 10.4. The number of amides is 1. The maximum Gasteiger partial charge on any atom is 1.00 e. The summed E-state index contributed by atoms with van der Waals surface area (Å²) in [6.07, 6.45) is 2.00. The number of ether oxygens (including phenoxy) is 2. The molecule has 0 saturated carbocycles. The molecule has 27 heavy (non-hydrogen) atoms. The zero-order chi connectivity index (χ0) is 17.6. The van der Waals surface area contributed by atoms with Gasteiger partial charge in [-0.2, -0.15) is 0 Å². The number of carbonyl (C=O) groups is 1. The number of fused-ring (bicyclic) bond motifs is 2. The Morgan fingerprint density at radius 2 is 1.56 bits per heavy atom. The summed E-state index contributed by atoms with van der Waals surface area (Å²) in [5.41, 5.74) is 4.51. The van der Waals surface area contributed by atoms with Gasteiger partial charge in [0.15, 0.2) is 17.4 Å². The quantitative estimate of drug-likeness (QED) is 0.609. The molecule has 4 rings (SSSR count). The van der Waals surface area contributed by atoms with Gasteiger partial charge in [0, 0.05) is 18.7 Å². The van der Waals surface area contributed by atoms with Crippen LogP contribution in [0.25, 0.3) is 0 Å². The number of benzene rings is 2. The first kappa shape index (κ1) is 23.6. The number of carbonyl (C=O) groups excluding carboxylic acids is 1. The van der Waals surface area contributed by atoms with Gasteiger partial charge in [0.25, 0.3) is 5.91 Å². The summed E-state index contributed by atoms with van der Waals surface area (Å²) in [6.45, 7) is 2.75. The van der Waals surface area contributed by atoms with Gasteiger partial charge in [-0.1, -0.05) is 24.3 Å². The van der Waals surface area contributed by atoms with Crippen molar-refractivity contribution in [3.05, 3.63) is 58.7 Å². The van der Waals surface area contributed by atoms with Gasteiger partial charge in [-0.15, -0.1) is 0 Å². The standard InChI is InChI=1S/C10H11NO2.C10H13NO.Al.Li.4H/c1-13-8-4-2-3-7-5-6-11-10(12)9(7)8;1-12-10-4-2-3-8-5-6-11-7-9(8)10;;;;;;/h2-4H,5-6H2,1H3,(H,11,12);2-4,11H,5-7H2,1H3;;;;;;/q;;;+1;;;;-1. The molecule has 2 aliphatic rings. The van der Waals surface area contributed by atoms with Crippen molar-refractivity contribution in [2.45, 2.75) is 19.4 Å². The van der Waals surface area contributed by atoms with E-state index in [0.717, 1.165) is 43.8 Å². The van der Waals surface area contributed by atoms with Gasteiger partial charge in [-0.3, -0.25) is 4.79 Å². The van der Waals surface area contributed by atoms with E-state index < -0.39 is 0 Å². The molecule has 7 heteroatoms. The molecule has 0 saturated heterocycles. The molecule has 140 valence electrons. The van der Waals surface area contributed by atoms with Gasteiger partial charge in [0.05, 0.1) is 19.8 Å². The average molecular weight is 378 g/mol. The van der Waals surface area contributed by atoms with Crippen molar-refractivity contribution in [3.8, 4) is 11.5 Å². The predicted molar refractivity (Wildman–Crippen MR) is 108 cm³/mol. The van der Waals surface area contributed by atoms with Crippen molar-refractivity contribution >= 4 is 23.3 Å². The van der Waals surface area contributed by atoms with E-state index in [9.17, 15) is 4.79 Å². The number of methoxy groups -OCH3 is 2. The van der Waals surface area contributed by atoms with E-state index in [1.54, 1.807) is 14.2 Å². The van der Waals surface area contributed by atoms with E-state index in [2.05, 4.69) is 22.8 Å². The normalized spacial score (nSPS) is 13.9. The molecule has 0 atom stereocenters. The summed E-state index contributed by atoms with van der Waals surface area (Å²) in [5.74, 6) is 1.65. The van der Waals surface area contributed by atoms with Gasteiger partial charge in [0.1, 0.15) is 11.5 Å². The van der Waals surface area contributed by atoms with Crippen molar-refractivity contribution in [1.29, 1.82) is 0 Å². The molecule has 0 unspecified atom stereocenters. The zero-order valence-corrected chi connectivity index (χ0v) is 15.7. The Morgan fingerprint density at radius 1 is 0.926 bits per heavy atom. The molecule has 2 aromatic carbocycles. The van der Waals surface area contributed by atoms with Crippen LogP contribution in [0.3, 0.4) is 0 Å². The molecule has 2 aliphatic heterocycles. The Kier molecular flexibility index (Phi) is 10.0. The van der Waals surface area contributed by atoms with Crippen LogP contribution >= 0.6 is 0 Å². The zero-order valence-electron chi connectivity index (χ0n) is 16.7. The van der Waals surface area contributed by atoms with Crippen LogP contribution in [0.4, 0.5) is 0 Å². The Labute approximate surface area is 185 Å². The Hall–Kier alpha value is -1.40. The molecule has 0 aliphatic carbocycles. The number of rotatable bonds is 2. The van der Waals surface area contributed by atoms with Crippen LogP contribution in [0.2, 0.25) is 0 Å². The van der Waals surface area contributed by atoms with Crippen LogP contribution in [0.15, 0.2) is 36.4 Å². The number of hydrogen-bond acceptors (Lipinski definition) is 4. The SMILES string of the molecule is COc1cccc2c1C(=O)NCC2.COc1cccc2c1CNCC2.[AlH3].[H-].[Li+]. The molecule has 0 radical (unpaired) electrons. The third-order valence-electron chi connectivity index (χ3n) is 4.56. The molecule has 0 bridgehead atoms. The molecule has 1 amide bonds. The summed E-state index contributed by atoms with van der Waals surface area (Å²) in [4.78, 5) is 11.5. The molecule has 2 aromatic rings. The number of hydrogen-bond donors (Lipinski definition) is 2. The second kappa shape index (κ2) is 11.4. The van der Waals surface area contributed by atoms with E-state index in [4.69, 9.17) is 9.47 Å². The van der Waals surface area contributed by atoms with Gasteiger partial charge in [-0.25, -0.2) is 0 Å². The maximum atomic E-state index is 11.5. The van der Waals surface area contributed by atoms with Crippen LogP contribution < -0.4 is 39.0 Å². The smallest absolute Gasteiger partial charge is 1.00 e. The minimum absolute atomic E-state index is 0. The first-order chi connectivity index (χ1) is 12.2. The molecule has 2 N–H and O–H groups in total. The molecule has 5 nitrogen and oxygen atoms in total. The molecule has 0 aromatic heterocycles. The third kappa shape index (κ3) is 5.55. The first-order valence-electron chi connectivity index (χ1n) is 8.54. The van der Waals surface area contributed by atoms with E-state index in [1.807, 2.05) is 24.3 Å². The fraction of sp³-hybridized carbons (Fsp3) is 0.350. The van der Waals surface area contributed by atoms with Crippen molar-refractivity contribution in [3.63, 3.8) is 0 Å². The number of nitrogens with one attached hydrogen (secondary N) is 2. The maximum absolute atomic E-state index is 11.5. The summed E-state index contributed by atoms with van der Waals surface area (Å²) in [7, 11) is 3.31. The summed E-state index contributed by atoms with van der Waals surface area (Å²) >= 11 is 0. The minimum atomic E-state index is -0.0290. The predicted octanol–water partition coefficient (Wildman–Crippen LogP) is -1.75. The van der Waals surface area contributed by atoms with E-state index in [0.29, 0.717) is 11.3 Å². The second-order valence-electron chi connectivity index (χ2n) is 6.03. The fourth-order valence-corrected chi connectivity index (χ4v) is 3.29. The van der Waals surface area contributed by atoms with E-state index in [-0.39, 0.29) is 43.6 Å². The molecular formula is C20H28AlLiN2O3. The van der Waals surface area contributed by atoms with Crippen LogP contribution in [-0.2, 0) is 19.4 Å². The van der Waals surface area contributed by atoms with Crippen molar-refractivity contribution in [2.24, 2.45) is 0 Å². The molecular weight excluding hydrogens is 350 g/mol. The minimum Gasteiger partial charge on any atom is -1.00 e. The van der Waals surface area contributed by atoms with Gasteiger partial charge >= 0.3 is 18.9 Å². The first-order valence-corrected chi connectivity index (χ1v) is 8.54. The van der Waals surface area contributed by atoms with Crippen molar-refractivity contribution in [1.82, 2.24) is 10.6 Å². The third-order valence-corrected chi connectivity index (χ3v) is 4.56. The van der Waals surface area contributed by atoms with Crippen LogP contribution in [0, 0.1) is 0 Å². The van der Waals surface area contributed by atoms with Crippen LogP contribution in [0.5, 0.6) is 11.5 Å². The van der Waals surface area contributed by atoms with Crippen LogP contribution in [-0.4, -0.2) is 50.6 Å². The molecule has 0 spiro atoms. The summed E-state index contributed by atoms with van der Waals surface area (Å²) in [5, 5.41) is 6.13. The average Bonchev–Trinajstić information content (AvgIpc) is 2.68. The Bertz CT molecular complexity index is 749. The molecule has 2 heterocycles. The fourth-order valence-electron chi connectivity index (χ4n) is 3.29. The topological polar surface area (TPSA) is 59.6 Å². The van der Waals surface area contributed by atoms with Crippen molar-refractivity contribution < 1.29 is 34.6 Å². The Morgan fingerprint density at radius 3 is 2.26 bits per heavy atom. The van der Waals surface area contributed by atoms with Gasteiger partial charge < -0.3 is 21.5 Å². The largest absolute Gasteiger partial charge is 1.00 e. The second-order valence-corrected chi connectivity index (χ2v) is 6.03. The van der Waals surface area contributed by atoms with Crippen LogP contribution in [0.1, 0.15) is 28.5 Å². The monoisotopic (exact) mass is 378 g/mol. The molecule has 0 fully saturated rings. The van der Waals surface area contributed by atoms with E-state index in [1.165, 1.54) is 11.1 Å².